The Morgan fingerprint density at radius 1 is 1.32 bits per heavy atom. The Labute approximate surface area is 111 Å². The number of rotatable bonds is 1. The van der Waals surface area contributed by atoms with Gasteiger partial charge in [-0.1, -0.05) is 20.8 Å². The summed E-state index contributed by atoms with van der Waals surface area (Å²) >= 11 is 0. The Morgan fingerprint density at radius 2 is 2.05 bits per heavy atom. The normalized spacial score (nSPS) is 17.0. The Bertz CT molecular complexity index is 489. The minimum Gasteiger partial charge on any atom is -0.354 e. The molecule has 104 valence electrons. The van der Waals surface area contributed by atoms with Crippen LogP contribution in [0.3, 0.4) is 0 Å². The lowest BCUT2D eigenvalue weighted by Crippen LogP contribution is -2.35. The molecule has 7 heteroatoms. The van der Waals surface area contributed by atoms with Crippen molar-refractivity contribution in [1.82, 2.24) is 25.4 Å². The van der Waals surface area contributed by atoms with E-state index in [-0.39, 0.29) is 23.1 Å². The number of nitrogens with one attached hydrogen (secondary N) is 2. The van der Waals surface area contributed by atoms with Gasteiger partial charge in [0.25, 0.3) is 5.91 Å². The summed E-state index contributed by atoms with van der Waals surface area (Å²) in [5.74, 6) is 0.586. The molecule has 0 unspecified atom stereocenters. The van der Waals surface area contributed by atoms with Gasteiger partial charge in [-0.05, 0) is 0 Å². The van der Waals surface area contributed by atoms with Crippen molar-refractivity contribution in [2.24, 2.45) is 0 Å². The molecule has 1 aromatic heterocycles. The molecule has 2 rings (SSSR count). The highest BCUT2D eigenvalue weighted by Crippen LogP contribution is 2.17. The smallest absolute Gasteiger partial charge is 0.293 e. The van der Waals surface area contributed by atoms with Crippen LogP contribution in [0.4, 0.5) is 0 Å². The molecule has 1 aliphatic rings. The lowest BCUT2D eigenvalue weighted by Gasteiger charge is -2.17. The van der Waals surface area contributed by atoms with Gasteiger partial charge in [-0.3, -0.25) is 14.7 Å². The minimum absolute atomic E-state index is 0.0272. The molecule has 7 nitrogen and oxygen atoms in total. The number of aromatic amines is 1. The fraction of sp³-hybridized carbons (Fsp3) is 0.667. The average molecular weight is 265 g/mol. The van der Waals surface area contributed by atoms with Crippen LogP contribution in [0.25, 0.3) is 0 Å². The van der Waals surface area contributed by atoms with Crippen LogP contribution in [0.2, 0.25) is 0 Å². The average Bonchev–Trinajstić information content (AvgIpc) is 2.73. The highest BCUT2D eigenvalue weighted by atomic mass is 16.2. The Kier molecular flexibility index (Phi) is 3.55. The fourth-order valence-electron chi connectivity index (χ4n) is 1.80. The standard InChI is InChI=1S/C12H19N5O2/c1-12(2,3)11-14-9(15-16-11)10(19)17-6-4-8(18)13-5-7-17/h4-7H2,1-3H3,(H,13,18)(H,14,15,16). The van der Waals surface area contributed by atoms with Crippen LogP contribution in [0.1, 0.15) is 43.6 Å². The fourth-order valence-corrected chi connectivity index (χ4v) is 1.80. The van der Waals surface area contributed by atoms with E-state index in [0.717, 1.165) is 0 Å². The first-order valence-electron chi connectivity index (χ1n) is 6.37. The molecule has 1 aromatic rings. The molecule has 0 atom stereocenters. The van der Waals surface area contributed by atoms with Crippen molar-refractivity contribution in [3.05, 3.63) is 11.6 Å². The highest BCUT2D eigenvalue weighted by Gasteiger charge is 2.25. The molecule has 2 N–H and O–H groups in total. The van der Waals surface area contributed by atoms with E-state index in [1.807, 2.05) is 20.8 Å². The number of aromatic nitrogens is 3. The summed E-state index contributed by atoms with van der Waals surface area (Å²) in [7, 11) is 0. The molecule has 1 saturated heterocycles. The van der Waals surface area contributed by atoms with Gasteiger partial charge in [0, 0.05) is 31.5 Å². The summed E-state index contributed by atoms with van der Waals surface area (Å²) in [6.07, 6.45) is 0.322. The number of amides is 2. The maximum Gasteiger partial charge on any atom is 0.293 e. The second kappa shape index (κ2) is 4.99. The number of H-pyrrole nitrogens is 1. The molecule has 1 fully saturated rings. The molecule has 2 amide bonds. The molecule has 2 heterocycles. The van der Waals surface area contributed by atoms with E-state index in [1.54, 1.807) is 4.90 Å². The largest absolute Gasteiger partial charge is 0.354 e. The maximum atomic E-state index is 12.2. The summed E-state index contributed by atoms with van der Waals surface area (Å²) in [6, 6.07) is 0. The molecule has 0 aliphatic carbocycles. The zero-order chi connectivity index (χ0) is 14.0. The zero-order valence-electron chi connectivity index (χ0n) is 11.5. The van der Waals surface area contributed by atoms with Gasteiger partial charge < -0.3 is 10.2 Å². The first-order chi connectivity index (χ1) is 8.88. The molecule has 0 spiro atoms. The molecule has 0 radical (unpaired) electrons. The Balaban J connectivity index is 2.11. The molecule has 0 aromatic carbocycles. The summed E-state index contributed by atoms with van der Waals surface area (Å²) in [6.45, 7) is 7.36. The molecular formula is C12H19N5O2. The van der Waals surface area contributed by atoms with E-state index in [4.69, 9.17) is 0 Å². The van der Waals surface area contributed by atoms with Crippen LogP contribution in [0, 0.1) is 0 Å². The third kappa shape index (κ3) is 3.10. The van der Waals surface area contributed by atoms with Gasteiger partial charge in [-0.2, -0.15) is 0 Å². The summed E-state index contributed by atoms with van der Waals surface area (Å²) in [5, 5.41) is 9.50. The van der Waals surface area contributed by atoms with Crippen molar-refractivity contribution in [1.29, 1.82) is 0 Å². The zero-order valence-corrected chi connectivity index (χ0v) is 11.5. The molecular weight excluding hydrogens is 246 g/mol. The lowest BCUT2D eigenvalue weighted by atomic mass is 9.96. The maximum absolute atomic E-state index is 12.2. The summed E-state index contributed by atoms with van der Waals surface area (Å²) < 4.78 is 0. The van der Waals surface area contributed by atoms with Crippen LogP contribution in [-0.2, 0) is 10.2 Å². The summed E-state index contributed by atoms with van der Waals surface area (Å²) in [4.78, 5) is 29.3. The van der Waals surface area contributed by atoms with Crippen molar-refractivity contribution < 1.29 is 9.59 Å². The van der Waals surface area contributed by atoms with Crippen molar-refractivity contribution in [2.75, 3.05) is 19.6 Å². The quantitative estimate of drug-likeness (QED) is 0.751. The Hall–Kier alpha value is -1.92. The van der Waals surface area contributed by atoms with E-state index >= 15 is 0 Å². The van der Waals surface area contributed by atoms with Gasteiger partial charge in [0.05, 0.1) is 0 Å². The van der Waals surface area contributed by atoms with E-state index in [2.05, 4.69) is 20.5 Å². The molecule has 1 aliphatic heterocycles. The predicted octanol–water partition coefficient (Wildman–Crippen LogP) is 0.0643. The number of nitrogens with zero attached hydrogens (tertiary/aromatic N) is 3. The van der Waals surface area contributed by atoms with Gasteiger partial charge >= 0.3 is 0 Å². The third-order valence-corrected chi connectivity index (χ3v) is 2.99. The van der Waals surface area contributed by atoms with E-state index < -0.39 is 0 Å². The van der Waals surface area contributed by atoms with Gasteiger partial charge in [-0.25, -0.2) is 4.98 Å². The first kappa shape index (κ1) is 13.5. The van der Waals surface area contributed by atoms with Crippen molar-refractivity contribution in [2.45, 2.75) is 32.6 Å². The number of carbonyl (C=O) groups is 2. The number of hydrogen-bond acceptors (Lipinski definition) is 4. The number of hydrogen-bond donors (Lipinski definition) is 2. The van der Waals surface area contributed by atoms with Gasteiger partial charge in [0.1, 0.15) is 5.82 Å². The van der Waals surface area contributed by atoms with E-state index in [1.165, 1.54) is 0 Å². The second-order valence-corrected chi connectivity index (χ2v) is 5.65. The van der Waals surface area contributed by atoms with Crippen LogP contribution in [0.15, 0.2) is 0 Å². The van der Waals surface area contributed by atoms with E-state index in [9.17, 15) is 9.59 Å². The minimum atomic E-state index is -0.233. The highest BCUT2D eigenvalue weighted by molar-refractivity contribution is 5.91. The first-order valence-corrected chi connectivity index (χ1v) is 6.37. The van der Waals surface area contributed by atoms with Gasteiger partial charge in [0.2, 0.25) is 11.7 Å². The van der Waals surface area contributed by atoms with Crippen molar-refractivity contribution in [3.63, 3.8) is 0 Å². The van der Waals surface area contributed by atoms with Gasteiger partial charge in [0.15, 0.2) is 0 Å². The predicted molar refractivity (Wildman–Crippen MR) is 68.6 cm³/mol. The lowest BCUT2D eigenvalue weighted by molar-refractivity contribution is -0.120. The van der Waals surface area contributed by atoms with Crippen LogP contribution in [-0.4, -0.2) is 51.5 Å². The molecule has 19 heavy (non-hydrogen) atoms. The monoisotopic (exact) mass is 265 g/mol. The molecule has 0 bridgehead atoms. The SMILES string of the molecule is CC(C)(C)c1nc(C(=O)N2CCNC(=O)CC2)n[nH]1. The van der Waals surface area contributed by atoms with Crippen molar-refractivity contribution in [3.8, 4) is 0 Å². The van der Waals surface area contributed by atoms with Crippen LogP contribution >= 0.6 is 0 Å². The topological polar surface area (TPSA) is 91.0 Å². The second-order valence-electron chi connectivity index (χ2n) is 5.65. The third-order valence-electron chi connectivity index (χ3n) is 2.99. The Morgan fingerprint density at radius 3 is 2.68 bits per heavy atom. The van der Waals surface area contributed by atoms with Crippen LogP contribution in [0.5, 0.6) is 0 Å². The summed E-state index contributed by atoms with van der Waals surface area (Å²) in [5.41, 5.74) is -0.179. The van der Waals surface area contributed by atoms with Gasteiger partial charge in [-0.15, -0.1) is 5.10 Å². The molecule has 0 saturated carbocycles. The number of carbonyl (C=O) groups excluding carboxylic acids is 2. The van der Waals surface area contributed by atoms with Crippen molar-refractivity contribution >= 4 is 11.8 Å². The van der Waals surface area contributed by atoms with E-state index in [0.29, 0.717) is 31.9 Å². The van der Waals surface area contributed by atoms with Crippen LogP contribution < -0.4 is 5.32 Å².